The molecule has 0 aliphatic heterocycles. The van der Waals surface area contributed by atoms with Crippen molar-refractivity contribution in [2.24, 2.45) is 5.92 Å². The number of carboxylic acids is 1. The van der Waals surface area contributed by atoms with Crippen LogP contribution in [0.25, 0.3) is 0 Å². The SMILES string of the molecule is O=C(O)C1Cc2c(cccc2[N+](=O)[O-])C1Cl. The number of hydrogen-bond donors (Lipinski definition) is 1. The van der Waals surface area contributed by atoms with E-state index in [1.54, 1.807) is 6.07 Å². The first-order valence-corrected chi connectivity index (χ1v) is 5.09. The molecule has 0 fully saturated rings. The predicted molar refractivity (Wildman–Crippen MR) is 56.5 cm³/mol. The molecule has 1 aromatic carbocycles. The van der Waals surface area contributed by atoms with Crippen LogP contribution in [0.3, 0.4) is 0 Å². The molecule has 6 heteroatoms. The number of carbonyl (C=O) groups is 1. The molecule has 0 bridgehead atoms. The lowest BCUT2D eigenvalue weighted by Crippen LogP contribution is -2.15. The van der Waals surface area contributed by atoms with Gasteiger partial charge in [0.05, 0.1) is 16.2 Å². The molecule has 2 unspecified atom stereocenters. The van der Waals surface area contributed by atoms with Gasteiger partial charge >= 0.3 is 5.97 Å². The number of nitro groups is 1. The Labute approximate surface area is 95.8 Å². The van der Waals surface area contributed by atoms with Crippen LogP contribution < -0.4 is 0 Å². The van der Waals surface area contributed by atoms with Gasteiger partial charge in [-0.15, -0.1) is 11.6 Å². The van der Waals surface area contributed by atoms with Crippen molar-refractivity contribution in [1.82, 2.24) is 0 Å². The van der Waals surface area contributed by atoms with Crippen LogP contribution in [0, 0.1) is 16.0 Å². The zero-order chi connectivity index (χ0) is 11.9. The van der Waals surface area contributed by atoms with Gasteiger partial charge in [0.1, 0.15) is 0 Å². The van der Waals surface area contributed by atoms with Crippen LogP contribution in [-0.4, -0.2) is 16.0 Å². The van der Waals surface area contributed by atoms with Gasteiger partial charge in [-0.25, -0.2) is 0 Å². The number of nitro benzene ring substituents is 1. The fourth-order valence-electron chi connectivity index (χ4n) is 2.00. The maximum atomic E-state index is 10.9. The molecule has 2 atom stereocenters. The van der Waals surface area contributed by atoms with Crippen LogP contribution in [0.2, 0.25) is 0 Å². The highest BCUT2D eigenvalue weighted by Crippen LogP contribution is 2.44. The summed E-state index contributed by atoms with van der Waals surface area (Å²) >= 11 is 5.98. The van der Waals surface area contributed by atoms with E-state index in [-0.39, 0.29) is 12.1 Å². The average Bonchev–Trinajstić information content (AvgIpc) is 2.56. The fourth-order valence-corrected chi connectivity index (χ4v) is 2.40. The molecule has 1 aliphatic rings. The molecule has 0 saturated carbocycles. The average molecular weight is 242 g/mol. The van der Waals surface area contributed by atoms with Crippen LogP contribution in [-0.2, 0) is 11.2 Å². The summed E-state index contributed by atoms with van der Waals surface area (Å²) in [6.45, 7) is 0. The van der Waals surface area contributed by atoms with E-state index in [2.05, 4.69) is 0 Å². The number of hydrogen-bond acceptors (Lipinski definition) is 3. The second-order valence-corrected chi connectivity index (χ2v) is 4.12. The third-order valence-electron chi connectivity index (χ3n) is 2.78. The molecule has 1 aromatic rings. The maximum absolute atomic E-state index is 10.9. The molecular formula is C10H8ClNO4. The highest BCUT2D eigenvalue weighted by atomic mass is 35.5. The third-order valence-corrected chi connectivity index (χ3v) is 3.32. The molecule has 5 nitrogen and oxygen atoms in total. The van der Waals surface area contributed by atoms with Crippen molar-refractivity contribution in [1.29, 1.82) is 0 Å². The van der Waals surface area contributed by atoms with Gasteiger partial charge in [-0.05, 0) is 12.0 Å². The van der Waals surface area contributed by atoms with Crippen molar-refractivity contribution in [2.45, 2.75) is 11.8 Å². The normalized spacial score (nSPS) is 22.8. The summed E-state index contributed by atoms with van der Waals surface area (Å²) in [5, 5.41) is 19.0. The number of fused-ring (bicyclic) bond motifs is 1. The smallest absolute Gasteiger partial charge is 0.308 e. The van der Waals surface area contributed by atoms with E-state index in [1.165, 1.54) is 12.1 Å². The number of halogens is 1. The first kappa shape index (κ1) is 10.9. The first-order chi connectivity index (χ1) is 7.52. The van der Waals surface area contributed by atoms with E-state index in [9.17, 15) is 14.9 Å². The van der Waals surface area contributed by atoms with Crippen molar-refractivity contribution in [2.75, 3.05) is 0 Å². The molecule has 0 saturated heterocycles. The molecule has 0 spiro atoms. The summed E-state index contributed by atoms with van der Waals surface area (Å²) in [7, 11) is 0. The molecule has 0 radical (unpaired) electrons. The maximum Gasteiger partial charge on any atom is 0.308 e. The van der Waals surface area contributed by atoms with E-state index < -0.39 is 22.2 Å². The third kappa shape index (κ3) is 1.53. The Morgan fingerprint density at radius 1 is 1.56 bits per heavy atom. The van der Waals surface area contributed by atoms with Gasteiger partial charge in [0.15, 0.2) is 0 Å². The van der Waals surface area contributed by atoms with Crippen LogP contribution >= 0.6 is 11.6 Å². The Morgan fingerprint density at radius 2 is 2.25 bits per heavy atom. The predicted octanol–water partition coefficient (Wildman–Crippen LogP) is 2.13. The highest BCUT2D eigenvalue weighted by molar-refractivity contribution is 6.22. The van der Waals surface area contributed by atoms with Gasteiger partial charge in [-0.3, -0.25) is 14.9 Å². The van der Waals surface area contributed by atoms with Crippen LogP contribution in [0.5, 0.6) is 0 Å². The minimum absolute atomic E-state index is 0.0492. The number of aliphatic carboxylic acids is 1. The molecule has 0 aromatic heterocycles. The number of nitrogens with zero attached hydrogens (tertiary/aromatic N) is 1. The fraction of sp³-hybridized carbons (Fsp3) is 0.300. The Balaban J connectivity index is 2.50. The number of rotatable bonds is 2. The zero-order valence-electron chi connectivity index (χ0n) is 8.09. The van der Waals surface area contributed by atoms with Crippen LogP contribution in [0.4, 0.5) is 5.69 Å². The lowest BCUT2D eigenvalue weighted by atomic mass is 10.1. The second-order valence-electron chi connectivity index (χ2n) is 3.65. The topological polar surface area (TPSA) is 80.4 Å². The van der Waals surface area contributed by atoms with Crippen LogP contribution in [0.1, 0.15) is 16.5 Å². The van der Waals surface area contributed by atoms with E-state index in [4.69, 9.17) is 16.7 Å². The van der Waals surface area contributed by atoms with Crippen molar-refractivity contribution in [3.05, 3.63) is 39.4 Å². The number of alkyl halides is 1. The standard InChI is InChI=1S/C10H8ClNO4/c11-9-5-2-1-3-8(12(15)16)6(5)4-7(9)10(13)14/h1-3,7,9H,4H2,(H,13,14). The molecule has 16 heavy (non-hydrogen) atoms. The summed E-state index contributed by atoms with van der Waals surface area (Å²) in [6.07, 6.45) is 0.121. The molecule has 1 aliphatic carbocycles. The molecule has 0 amide bonds. The largest absolute Gasteiger partial charge is 0.481 e. The summed E-state index contributed by atoms with van der Waals surface area (Å²) < 4.78 is 0. The van der Waals surface area contributed by atoms with Gasteiger partial charge in [-0.2, -0.15) is 0 Å². The molecule has 2 rings (SSSR count). The Bertz CT molecular complexity index is 474. The van der Waals surface area contributed by atoms with Crippen LogP contribution in [0.15, 0.2) is 18.2 Å². The van der Waals surface area contributed by atoms with Gasteiger partial charge in [0.25, 0.3) is 5.69 Å². The monoisotopic (exact) mass is 241 g/mol. The van der Waals surface area contributed by atoms with Crippen molar-refractivity contribution in [3.8, 4) is 0 Å². The van der Waals surface area contributed by atoms with E-state index in [1.807, 2.05) is 0 Å². The lowest BCUT2D eigenvalue weighted by molar-refractivity contribution is -0.385. The van der Waals surface area contributed by atoms with Crippen molar-refractivity contribution in [3.63, 3.8) is 0 Å². The van der Waals surface area contributed by atoms with Crippen molar-refractivity contribution < 1.29 is 14.8 Å². The lowest BCUT2D eigenvalue weighted by Gasteiger charge is -2.07. The highest BCUT2D eigenvalue weighted by Gasteiger charge is 2.39. The summed E-state index contributed by atoms with van der Waals surface area (Å²) in [5.41, 5.74) is 0.954. The van der Waals surface area contributed by atoms with E-state index in [0.717, 1.165) is 0 Å². The second kappa shape index (κ2) is 3.75. The van der Waals surface area contributed by atoms with E-state index in [0.29, 0.717) is 11.1 Å². The molecule has 0 heterocycles. The van der Waals surface area contributed by atoms with Crippen molar-refractivity contribution >= 4 is 23.3 Å². The summed E-state index contributed by atoms with van der Waals surface area (Å²) in [6, 6.07) is 4.53. The summed E-state index contributed by atoms with van der Waals surface area (Å²) in [4.78, 5) is 21.2. The van der Waals surface area contributed by atoms with E-state index >= 15 is 0 Å². The Morgan fingerprint density at radius 3 is 2.81 bits per heavy atom. The zero-order valence-corrected chi connectivity index (χ0v) is 8.85. The summed E-state index contributed by atoms with van der Waals surface area (Å²) in [5.74, 6) is -1.80. The number of benzene rings is 1. The Hall–Kier alpha value is -1.62. The van der Waals surface area contributed by atoms with Gasteiger partial charge < -0.3 is 5.11 Å². The first-order valence-electron chi connectivity index (χ1n) is 4.65. The minimum Gasteiger partial charge on any atom is -0.481 e. The Kier molecular flexibility index (Phi) is 2.55. The quantitative estimate of drug-likeness (QED) is 0.489. The molecule has 1 N–H and O–H groups in total. The molecule has 84 valence electrons. The molecular weight excluding hydrogens is 234 g/mol. The van der Waals surface area contributed by atoms with Gasteiger partial charge in [0, 0.05) is 11.6 Å². The van der Waals surface area contributed by atoms with Gasteiger partial charge in [0.2, 0.25) is 0 Å². The van der Waals surface area contributed by atoms with Gasteiger partial charge in [-0.1, -0.05) is 12.1 Å². The minimum atomic E-state index is -1.02. The number of carboxylic acid groups (broad SMARTS) is 1.